The van der Waals surface area contributed by atoms with Gasteiger partial charge in [0.1, 0.15) is 0 Å². The first-order valence-electron chi connectivity index (χ1n) is 7.09. The maximum absolute atomic E-state index is 12.4. The molecule has 2 aromatic carbocycles. The van der Waals surface area contributed by atoms with E-state index >= 15 is 0 Å². The van der Waals surface area contributed by atoms with Gasteiger partial charge in [0.2, 0.25) is 5.91 Å². The predicted octanol–water partition coefficient (Wildman–Crippen LogP) is 3.47. The number of rotatable bonds is 6. The van der Waals surface area contributed by atoms with Crippen LogP contribution in [0.1, 0.15) is 12.5 Å². The van der Waals surface area contributed by atoms with E-state index in [4.69, 9.17) is 23.2 Å². The summed E-state index contributed by atoms with van der Waals surface area (Å²) in [5, 5.41) is 3.33. The van der Waals surface area contributed by atoms with Gasteiger partial charge in [-0.15, -0.1) is 0 Å². The summed E-state index contributed by atoms with van der Waals surface area (Å²) < 4.78 is 27.2. The summed E-state index contributed by atoms with van der Waals surface area (Å²) in [5.74, 6) is -0.100. The van der Waals surface area contributed by atoms with Gasteiger partial charge in [0.05, 0.1) is 15.6 Å². The highest BCUT2D eigenvalue weighted by Gasteiger charge is 2.16. The van der Waals surface area contributed by atoms with Crippen molar-refractivity contribution in [1.29, 1.82) is 0 Å². The van der Waals surface area contributed by atoms with Crippen molar-refractivity contribution in [1.82, 2.24) is 5.32 Å². The molecular formula is C16H16Cl2N2O3S. The summed E-state index contributed by atoms with van der Waals surface area (Å²) >= 11 is 11.8. The summed E-state index contributed by atoms with van der Waals surface area (Å²) in [4.78, 5) is 10.9. The number of hydrogen-bond acceptors (Lipinski definition) is 3. The zero-order chi connectivity index (χ0) is 17.7. The predicted molar refractivity (Wildman–Crippen MR) is 96.1 cm³/mol. The average molecular weight is 387 g/mol. The van der Waals surface area contributed by atoms with Crippen molar-refractivity contribution in [3.8, 4) is 0 Å². The maximum atomic E-state index is 12.4. The van der Waals surface area contributed by atoms with E-state index in [0.29, 0.717) is 18.0 Å². The minimum absolute atomic E-state index is 0.100. The lowest BCUT2D eigenvalue weighted by atomic mass is 10.1. The van der Waals surface area contributed by atoms with Crippen LogP contribution in [-0.4, -0.2) is 20.9 Å². The normalized spacial score (nSPS) is 11.1. The Balaban J connectivity index is 2.12. The van der Waals surface area contributed by atoms with Crippen molar-refractivity contribution >= 4 is 44.8 Å². The summed E-state index contributed by atoms with van der Waals surface area (Å²) in [7, 11) is -3.77. The fraction of sp³-hybridized carbons (Fsp3) is 0.188. The molecule has 0 unspecified atom stereocenters. The smallest absolute Gasteiger partial charge is 0.261 e. The highest BCUT2D eigenvalue weighted by Crippen LogP contribution is 2.27. The van der Waals surface area contributed by atoms with Gasteiger partial charge in [-0.25, -0.2) is 8.42 Å². The lowest BCUT2D eigenvalue weighted by Gasteiger charge is -2.10. The molecular weight excluding hydrogens is 371 g/mol. The van der Waals surface area contributed by atoms with Crippen LogP contribution < -0.4 is 10.0 Å². The second-order valence-corrected chi connectivity index (χ2v) is 7.63. The molecule has 2 N–H and O–H groups in total. The Morgan fingerprint density at radius 2 is 1.75 bits per heavy atom. The number of amides is 1. The van der Waals surface area contributed by atoms with E-state index in [1.165, 1.54) is 31.2 Å². The zero-order valence-corrected chi connectivity index (χ0v) is 15.2. The monoisotopic (exact) mass is 386 g/mol. The number of nitrogens with one attached hydrogen (secondary N) is 2. The summed E-state index contributed by atoms with van der Waals surface area (Å²) in [6.07, 6.45) is 0.619. The molecule has 8 heteroatoms. The Bertz CT molecular complexity index is 837. The third kappa shape index (κ3) is 5.12. The highest BCUT2D eigenvalue weighted by atomic mass is 35.5. The molecule has 5 nitrogen and oxygen atoms in total. The molecule has 2 rings (SSSR count). The Morgan fingerprint density at radius 3 is 2.38 bits per heavy atom. The van der Waals surface area contributed by atoms with Crippen molar-refractivity contribution in [2.75, 3.05) is 11.3 Å². The van der Waals surface area contributed by atoms with Crippen LogP contribution in [0.2, 0.25) is 10.0 Å². The number of anilines is 1. The van der Waals surface area contributed by atoms with Gasteiger partial charge in [-0.2, -0.15) is 0 Å². The van der Waals surface area contributed by atoms with Crippen molar-refractivity contribution in [3.63, 3.8) is 0 Å². The third-order valence-corrected chi connectivity index (χ3v) is 5.14. The van der Waals surface area contributed by atoms with Crippen LogP contribution in [-0.2, 0) is 21.2 Å². The molecule has 0 aliphatic rings. The fourth-order valence-electron chi connectivity index (χ4n) is 2.00. The third-order valence-electron chi connectivity index (χ3n) is 3.19. The molecule has 0 aromatic heterocycles. The van der Waals surface area contributed by atoms with E-state index < -0.39 is 10.0 Å². The Hall–Kier alpha value is -1.76. The van der Waals surface area contributed by atoms with Crippen LogP contribution in [0.15, 0.2) is 47.4 Å². The lowest BCUT2D eigenvalue weighted by Crippen LogP contribution is -2.22. The van der Waals surface area contributed by atoms with Crippen LogP contribution in [0.5, 0.6) is 0 Å². The molecule has 0 heterocycles. The highest BCUT2D eigenvalue weighted by molar-refractivity contribution is 7.92. The maximum Gasteiger partial charge on any atom is 0.261 e. The molecule has 0 radical (unpaired) electrons. The minimum Gasteiger partial charge on any atom is -0.356 e. The van der Waals surface area contributed by atoms with Gasteiger partial charge in [-0.3, -0.25) is 9.52 Å². The van der Waals surface area contributed by atoms with Crippen LogP contribution in [0.25, 0.3) is 0 Å². The van der Waals surface area contributed by atoms with Crippen LogP contribution >= 0.6 is 23.2 Å². The first kappa shape index (κ1) is 18.6. The summed E-state index contributed by atoms with van der Waals surface area (Å²) in [6.45, 7) is 1.94. The van der Waals surface area contributed by atoms with Crippen molar-refractivity contribution in [2.24, 2.45) is 0 Å². The Kier molecular flexibility index (Phi) is 6.10. The standard InChI is InChI=1S/C16H16Cl2N2O3S/c1-11(21)19-9-8-12-2-5-14(6-3-12)24(22,23)20-16-10-13(17)4-7-15(16)18/h2-7,10,20H,8-9H2,1H3,(H,19,21). The van der Waals surface area contributed by atoms with Crippen molar-refractivity contribution < 1.29 is 13.2 Å². The molecule has 128 valence electrons. The molecule has 0 aliphatic carbocycles. The van der Waals surface area contributed by atoms with Gasteiger partial charge in [0.15, 0.2) is 0 Å². The Morgan fingerprint density at radius 1 is 1.08 bits per heavy atom. The SMILES string of the molecule is CC(=O)NCCc1ccc(S(=O)(=O)Nc2cc(Cl)ccc2Cl)cc1. The van der Waals surface area contributed by atoms with E-state index in [0.717, 1.165) is 5.56 Å². The van der Waals surface area contributed by atoms with Crippen LogP contribution in [0.3, 0.4) is 0 Å². The van der Waals surface area contributed by atoms with E-state index in [9.17, 15) is 13.2 Å². The van der Waals surface area contributed by atoms with Gasteiger partial charge in [0, 0.05) is 18.5 Å². The largest absolute Gasteiger partial charge is 0.356 e. The molecule has 0 aliphatic heterocycles. The second kappa shape index (κ2) is 7.88. The first-order valence-corrected chi connectivity index (χ1v) is 9.33. The van der Waals surface area contributed by atoms with Crippen LogP contribution in [0.4, 0.5) is 5.69 Å². The molecule has 0 spiro atoms. The number of sulfonamides is 1. The molecule has 24 heavy (non-hydrogen) atoms. The van der Waals surface area contributed by atoms with Gasteiger partial charge in [-0.05, 0) is 42.3 Å². The molecule has 1 amide bonds. The zero-order valence-electron chi connectivity index (χ0n) is 12.8. The fourth-order valence-corrected chi connectivity index (χ4v) is 3.46. The minimum atomic E-state index is -3.77. The molecule has 0 saturated carbocycles. The Labute approximate surface area is 151 Å². The summed E-state index contributed by atoms with van der Waals surface area (Å²) in [6, 6.07) is 11.0. The van der Waals surface area contributed by atoms with Gasteiger partial charge >= 0.3 is 0 Å². The first-order chi connectivity index (χ1) is 11.3. The van der Waals surface area contributed by atoms with Gasteiger partial charge in [-0.1, -0.05) is 35.3 Å². The van der Waals surface area contributed by atoms with E-state index in [1.807, 2.05) is 0 Å². The number of halogens is 2. The van der Waals surface area contributed by atoms with E-state index in [1.54, 1.807) is 18.2 Å². The van der Waals surface area contributed by atoms with Crippen molar-refractivity contribution in [2.45, 2.75) is 18.2 Å². The molecule has 2 aromatic rings. The molecule has 0 saturated heterocycles. The molecule has 0 bridgehead atoms. The van der Waals surface area contributed by atoms with Gasteiger partial charge < -0.3 is 5.32 Å². The summed E-state index contributed by atoms with van der Waals surface area (Å²) in [5.41, 5.74) is 1.14. The number of hydrogen-bond donors (Lipinski definition) is 2. The van der Waals surface area contributed by atoms with Crippen molar-refractivity contribution in [3.05, 3.63) is 58.1 Å². The second-order valence-electron chi connectivity index (χ2n) is 5.11. The van der Waals surface area contributed by atoms with Gasteiger partial charge in [0.25, 0.3) is 10.0 Å². The number of benzene rings is 2. The number of carbonyl (C=O) groups is 1. The lowest BCUT2D eigenvalue weighted by molar-refractivity contribution is -0.118. The quantitative estimate of drug-likeness (QED) is 0.797. The topological polar surface area (TPSA) is 75.3 Å². The molecule has 0 atom stereocenters. The number of carbonyl (C=O) groups excluding carboxylic acids is 1. The van der Waals surface area contributed by atoms with Crippen LogP contribution in [0, 0.1) is 0 Å². The average Bonchev–Trinajstić information content (AvgIpc) is 2.51. The van der Waals surface area contributed by atoms with E-state index in [2.05, 4.69) is 10.0 Å². The molecule has 0 fully saturated rings. The van der Waals surface area contributed by atoms with E-state index in [-0.39, 0.29) is 21.5 Å².